The van der Waals surface area contributed by atoms with Crippen LogP contribution in [0.1, 0.15) is 16.7 Å². The van der Waals surface area contributed by atoms with Crippen LogP contribution in [0.3, 0.4) is 0 Å². The second-order valence-electron chi connectivity index (χ2n) is 5.78. The summed E-state index contributed by atoms with van der Waals surface area (Å²) in [5.41, 5.74) is 3.20. The lowest BCUT2D eigenvalue weighted by atomic mass is 10.1. The summed E-state index contributed by atoms with van der Waals surface area (Å²) in [6.07, 6.45) is 0. The lowest BCUT2D eigenvalue weighted by Gasteiger charge is -2.37. The van der Waals surface area contributed by atoms with E-state index in [4.69, 9.17) is 5.26 Å². The summed E-state index contributed by atoms with van der Waals surface area (Å²) < 4.78 is 0. The summed E-state index contributed by atoms with van der Waals surface area (Å²) in [4.78, 5) is 4.82. The van der Waals surface area contributed by atoms with E-state index in [1.54, 1.807) is 0 Å². The zero-order chi connectivity index (χ0) is 14.5. The molecular formula is C16H24N4. The van der Waals surface area contributed by atoms with Crippen molar-refractivity contribution in [2.45, 2.75) is 19.5 Å². The van der Waals surface area contributed by atoms with Crippen LogP contribution in [0.5, 0.6) is 0 Å². The molecule has 4 heteroatoms. The van der Waals surface area contributed by atoms with Crippen molar-refractivity contribution in [2.75, 3.05) is 40.3 Å². The number of benzene rings is 1. The maximum absolute atomic E-state index is 8.88. The molecule has 1 N–H and O–H groups in total. The van der Waals surface area contributed by atoms with Gasteiger partial charge in [-0.25, -0.2) is 0 Å². The molecule has 1 aromatic rings. The highest BCUT2D eigenvalue weighted by molar-refractivity contribution is 5.37. The molecule has 4 nitrogen and oxygen atoms in total. The van der Waals surface area contributed by atoms with E-state index in [-0.39, 0.29) is 0 Å². The van der Waals surface area contributed by atoms with Crippen LogP contribution >= 0.6 is 0 Å². The molecule has 1 fully saturated rings. The maximum Gasteiger partial charge on any atom is 0.0991 e. The van der Waals surface area contributed by atoms with Gasteiger partial charge in [0.1, 0.15) is 0 Å². The molecule has 0 saturated carbocycles. The fourth-order valence-corrected chi connectivity index (χ4v) is 2.66. The normalized spacial score (nSPS) is 20.8. The summed E-state index contributed by atoms with van der Waals surface area (Å²) in [6.45, 7) is 7.35. The predicted molar refractivity (Wildman–Crippen MR) is 81.5 cm³/mol. The van der Waals surface area contributed by atoms with Gasteiger partial charge in [0.2, 0.25) is 0 Å². The summed E-state index contributed by atoms with van der Waals surface area (Å²) >= 11 is 0. The third-order valence-corrected chi connectivity index (χ3v) is 4.15. The van der Waals surface area contributed by atoms with E-state index >= 15 is 0 Å². The van der Waals surface area contributed by atoms with E-state index in [0.717, 1.165) is 38.3 Å². The number of piperazine rings is 1. The van der Waals surface area contributed by atoms with Gasteiger partial charge in [-0.2, -0.15) is 5.26 Å². The number of hydrogen-bond donors (Lipinski definition) is 1. The third kappa shape index (κ3) is 3.80. The van der Waals surface area contributed by atoms with E-state index in [9.17, 15) is 0 Å². The Morgan fingerprint density at radius 2 is 2.15 bits per heavy atom. The lowest BCUT2D eigenvalue weighted by Crippen LogP contribution is -2.53. The number of nitrogens with zero attached hydrogens (tertiary/aromatic N) is 3. The molecule has 1 aliphatic heterocycles. The van der Waals surface area contributed by atoms with Crippen LogP contribution in [0.25, 0.3) is 0 Å². The number of nitrogens with one attached hydrogen (secondary N) is 1. The van der Waals surface area contributed by atoms with E-state index in [1.807, 2.05) is 12.1 Å². The summed E-state index contributed by atoms with van der Waals surface area (Å²) in [5, 5.41) is 12.4. The molecule has 0 aromatic heterocycles. The molecule has 2 rings (SSSR count). The molecule has 0 bridgehead atoms. The topological polar surface area (TPSA) is 42.3 Å². The zero-order valence-electron chi connectivity index (χ0n) is 12.7. The minimum Gasteiger partial charge on any atom is -0.311 e. The highest BCUT2D eigenvalue weighted by Gasteiger charge is 2.21. The fraction of sp³-hybridized carbons (Fsp3) is 0.562. The summed E-state index contributed by atoms with van der Waals surface area (Å²) in [5.74, 6) is 0. The van der Waals surface area contributed by atoms with Gasteiger partial charge in [-0.3, -0.25) is 4.90 Å². The molecule has 0 spiro atoms. The average molecular weight is 272 g/mol. The molecule has 1 saturated heterocycles. The first-order valence-electron chi connectivity index (χ1n) is 7.19. The fourth-order valence-electron chi connectivity index (χ4n) is 2.66. The van der Waals surface area contributed by atoms with Gasteiger partial charge in [-0.05, 0) is 44.3 Å². The SMILES string of the molecule is Cc1cc(C#N)ccc1CNCC1CN(C)CCN1C. The van der Waals surface area contributed by atoms with Crippen LogP contribution in [-0.2, 0) is 6.54 Å². The van der Waals surface area contributed by atoms with Gasteiger partial charge in [0, 0.05) is 38.8 Å². The first kappa shape index (κ1) is 15.0. The molecule has 20 heavy (non-hydrogen) atoms. The molecule has 1 heterocycles. The van der Waals surface area contributed by atoms with Gasteiger partial charge in [0.25, 0.3) is 0 Å². The van der Waals surface area contributed by atoms with Crippen LogP contribution < -0.4 is 5.32 Å². The number of likely N-dealkylation sites (N-methyl/N-ethyl adjacent to an activating group) is 2. The predicted octanol–water partition coefficient (Wildman–Crippen LogP) is 1.20. The van der Waals surface area contributed by atoms with E-state index in [2.05, 4.69) is 48.3 Å². The molecule has 0 radical (unpaired) electrons. The highest BCUT2D eigenvalue weighted by atomic mass is 15.3. The molecule has 108 valence electrons. The quantitative estimate of drug-likeness (QED) is 0.894. The molecule has 1 atom stereocenters. The van der Waals surface area contributed by atoms with Crippen LogP contribution in [0, 0.1) is 18.3 Å². The second-order valence-corrected chi connectivity index (χ2v) is 5.78. The van der Waals surface area contributed by atoms with Crippen LogP contribution in [0.4, 0.5) is 0 Å². The Labute approximate surface area is 122 Å². The van der Waals surface area contributed by atoms with Crippen molar-refractivity contribution >= 4 is 0 Å². The first-order valence-corrected chi connectivity index (χ1v) is 7.19. The average Bonchev–Trinajstić information content (AvgIpc) is 2.44. The smallest absolute Gasteiger partial charge is 0.0991 e. The minimum absolute atomic E-state index is 0.576. The molecule has 1 unspecified atom stereocenters. The third-order valence-electron chi connectivity index (χ3n) is 4.15. The maximum atomic E-state index is 8.88. The van der Waals surface area contributed by atoms with Crippen molar-refractivity contribution in [3.63, 3.8) is 0 Å². The Kier molecular flexibility index (Phi) is 5.13. The highest BCUT2D eigenvalue weighted by Crippen LogP contribution is 2.11. The van der Waals surface area contributed by atoms with Gasteiger partial charge in [0.05, 0.1) is 11.6 Å². The van der Waals surface area contributed by atoms with Crippen molar-refractivity contribution in [2.24, 2.45) is 0 Å². The number of rotatable bonds is 4. The van der Waals surface area contributed by atoms with Crippen molar-refractivity contribution in [3.8, 4) is 6.07 Å². The molecule has 1 aromatic carbocycles. The van der Waals surface area contributed by atoms with Crippen molar-refractivity contribution in [1.29, 1.82) is 5.26 Å². The van der Waals surface area contributed by atoms with E-state index in [1.165, 1.54) is 11.1 Å². The molecule has 1 aliphatic rings. The number of nitriles is 1. The Hall–Kier alpha value is -1.41. The molecular weight excluding hydrogens is 248 g/mol. The Balaban J connectivity index is 1.85. The second kappa shape index (κ2) is 6.85. The Morgan fingerprint density at radius 1 is 1.35 bits per heavy atom. The lowest BCUT2D eigenvalue weighted by molar-refractivity contribution is 0.113. The van der Waals surface area contributed by atoms with Gasteiger partial charge in [-0.15, -0.1) is 0 Å². The summed E-state index contributed by atoms with van der Waals surface area (Å²) in [7, 11) is 4.39. The van der Waals surface area contributed by atoms with Gasteiger partial charge in [0.15, 0.2) is 0 Å². The van der Waals surface area contributed by atoms with E-state index < -0.39 is 0 Å². The first-order chi connectivity index (χ1) is 9.60. The zero-order valence-corrected chi connectivity index (χ0v) is 12.7. The number of hydrogen-bond acceptors (Lipinski definition) is 4. The van der Waals surface area contributed by atoms with Crippen LogP contribution in [0.15, 0.2) is 18.2 Å². The monoisotopic (exact) mass is 272 g/mol. The van der Waals surface area contributed by atoms with Crippen molar-refractivity contribution < 1.29 is 0 Å². The Bertz CT molecular complexity index is 492. The largest absolute Gasteiger partial charge is 0.311 e. The van der Waals surface area contributed by atoms with Crippen LogP contribution in [0.2, 0.25) is 0 Å². The molecule has 0 aliphatic carbocycles. The minimum atomic E-state index is 0.576. The molecule has 0 amide bonds. The van der Waals surface area contributed by atoms with Gasteiger partial charge < -0.3 is 10.2 Å². The Morgan fingerprint density at radius 3 is 2.85 bits per heavy atom. The van der Waals surface area contributed by atoms with E-state index in [0.29, 0.717) is 6.04 Å². The van der Waals surface area contributed by atoms with Crippen molar-refractivity contribution in [3.05, 3.63) is 34.9 Å². The number of aryl methyl sites for hydroxylation is 1. The standard InChI is InChI=1S/C16H24N4/c1-13-8-14(9-17)4-5-15(13)10-18-11-16-12-19(2)6-7-20(16)3/h4-5,8,16,18H,6-7,10-12H2,1-3H3. The summed E-state index contributed by atoms with van der Waals surface area (Å²) in [6, 6.07) is 8.66. The van der Waals surface area contributed by atoms with Gasteiger partial charge in [-0.1, -0.05) is 6.07 Å². The van der Waals surface area contributed by atoms with Gasteiger partial charge >= 0.3 is 0 Å². The van der Waals surface area contributed by atoms with Crippen LogP contribution in [-0.4, -0.2) is 56.1 Å². The van der Waals surface area contributed by atoms with Crippen molar-refractivity contribution in [1.82, 2.24) is 15.1 Å².